The van der Waals surface area contributed by atoms with E-state index >= 15 is 0 Å². The molecule has 0 aliphatic heterocycles. The molecule has 0 amide bonds. The van der Waals surface area contributed by atoms with Crippen LogP contribution >= 0.6 is 0 Å². The van der Waals surface area contributed by atoms with Crippen molar-refractivity contribution in [1.29, 1.82) is 0 Å². The lowest BCUT2D eigenvalue weighted by molar-refractivity contribution is -0.154. The molecule has 12 heavy (non-hydrogen) atoms. The largest absolute Gasteiger partial charge is 0.479 e. The Kier molecular flexibility index (Phi) is 2.42. The van der Waals surface area contributed by atoms with Crippen LogP contribution in [-0.2, 0) is 9.53 Å². The van der Waals surface area contributed by atoms with Crippen LogP contribution in [0.25, 0.3) is 0 Å². The molecule has 0 radical (unpaired) electrons. The third kappa shape index (κ3) is 1.33. The zero-order chi connectivity index (χ0) is 9.35. The second kappa shape index (κ2) is 3.05. The standard InChI is InChI=1S/C9H16O3/c1-6(2)9(4-5-9)7(12-3)8(10)11/h6-7H,4-5H2,1-3H3,(H,10,11). The van der Waals surface area contributed by atoms with Crippen LogP contribution in [0.5, 0.6) is 0 Å². The minimum Gasteiger partial charge on any atom is -0.479 e. The first-order chi connectivity index (χ1) is 5.54. The molecule has 0 saturated heterocycles. The van der Waals surface area contributed by atoms with Crippen molar-refractivity contribution in [2.45, 2.75) is 32.8 Å². The van der Waals surface area contributed by atoms with E-state index in [4.69, 9.17) is 9.84 Å². The van der Waals surface area contributed by atoms with E-state index in [-0.39, 0.29) is 5.41 Å². The van der Waals surface area contributed by atoms with Crippen molar-refractivity contribution >= 4 is 5.97 Å². The van der Waals surface area contributed by atoms with Crippen LogP contribution in [0.15, 0.2) is 0 Å². The highest BCUT2D eigenvalue weighted by Crippen LogP contribution is 2.55. The number of carboxylic acid groups (broad SMARTS) is 1. The zero-order valence-electron chi connectivity index (χ0n) is 7.83. The maximum absolute atomic E-state index is 10.8. The van der Waals surface area contributed by atoms with Gasteiger partial charge in [0, 0.05) is 12.5 Å². The molecule has 1 N–H and O–H groups in total. The summed E-state index contributed by atoms with van der Waals surface area (Å²) >= 11 is 0. The van der Waals surface area contributed by atoms with E-state index < -0.39 is 12.1 Å². The Bertz CT molecular complexity index is 182. The maximum atomic E-state index is 10.8. The molecule has 3 heteroatoms. The van der Waals surface area contributed by atoms with E-state index in [9.17, 15) is 4.79 Å². The number of rotatable bonds is 4. The molecule has 1 saturated carbocycles. The van der Waals surface area contributed by atoms with Crippen LogP contribution in [0.3, 0.4) is 0 Å². The molecule has 1 aliphatic carbocycles. The molecule has 0 bridgehead atoms. The van der Waals surface area contributed by atoms with Gasteiger partial charge in [-0.2, -0.15) is 0 Å². The summed E-state index contributed by atoms with van der Waals surface area (Å²) in [6.45, 7) is 4.12. The van der Waals surface area contributed by atoms with Crippen LogP contribution in [0, 0.1) is 11.3 Å². The van der Waals surface area contributed by atoms with Crippen molar-refractivity contribution in [1.82, 2.24) is 0 Å². The molecular weight excluding hydrogens is 156 g/mol. The maximum Gasteiger partial charge on any atom is 0.333 e. The molecule has 0 aromatic rings. The van der Waals surface area contributed by atoms with Gasteiger partial charge in [0.05, 0.1) is 0 Å². The molecule has 0 spiro atoms. The van der Waals surface area contributed by atoms with Crippen molar-refractivity contribution < 1.29 is 14.6 Å². The Morgan fingerprint density at radius 2 is 2.00 bits per heavy atom. The van der Waals surface area contributed by atoms with Gasteiger partial charge in [0.1, 0.15) is 0 Å². The van der Waals surface area contributed by atoms with Gasteiger partial charge in [0.15, 0.2) is 6.10 Å². The summed E-state index contributed by atoms with van der Waals surface area (Å²) in [5.41, 5.74) is -0.0828. The minimum absolute atomic E-state index is 0.0828. The van der Waals surface area contributed by atoms with E-state index in [1.54, 1.807) is 0 Å². The van der Waals surface area contributed by atoms with Gasteiger partial charge in [-0.15, -0.1) is 0 Å². The Labute approximate surface area is 72.7 Å². The molecule has 1 atom stereocenters. The number of methoxy groups -OCH3 is 1. The van der Waals surface area contributed by atoms with Gasteiger partial charge in [-0.1, -0.05) is 13.8 Å². The fourth-order valence-corrected chi connectivity index (χ4v) is 1.87. The van der Waals surface area contributed by atoms with Crippen LogP contribution in [0.2, 0.25) is 0 Å². The molecule has 1 aliphatic rings. The number of carbonyl (C=O) groups is 1. The van der Waals surface area contributed by atoms with Crippen molar-refractivity contribution in [3.05, 3.63) is 0 Å². The molecule has 70 valence electrons. The monoisotopic (exact) mass is 172 g/mol. The molecule has 0 aromatic heterocycles. The quantitative estimate of drug-likeness (QED) is 0.699. The van der Waals surface area contributed by atoms with E-state index in [1.165, 1.54) is 7.11 Å². The van der Waals surface area contributed by atoms with E-state index in [2.05, 4.69) is 13.8 Å². The Hall–Kier alpha value is -0.570. The third-order valence-electron chi connectivity index (χ3n) is 2.96. The normalized spacial score (nSPS) is 22.3. The van der Waals surface area contributed by atoms with Crippen LogP contribution in [0.4, 0.5) is 0 Å². The Morgan fingerprint density at radius 1 is 1.50 bits per heavy atom. The van der Waals surface area contributed by atoms with Crippen LogP contribution in [0.1, 0.15) is 26.7 Å². The van der Waals surface area contributed by atoms with Crippen LogP contribution in [-0.4, -0.2) is 24.3 Å². The first kappa shape index (κ1) is 9.52. The number of aliphatic carboxylic acids is 1. The minimum atomic E-state index is -0.830. The first-order valence-corrected chi connectivity index (χ1v) is 4.30. The number of hydrogen-bond acceptors (Lipinski definition) is 2. The summed E-state index contributed by atoms with van der Waals surface area (Å²) in [6.07, 6.45) is 1.35. The third-order valence-corrected chi connectivity index (χ3v) is 2.96. The number of carboxylic acids is 1. The lowest BCUT2D eigenvalue weighted by atomic mass is 9.86. The van der Waals surface area contributed by atoms with Gasteiger partial charge in [-0.25, -0.2) is 4.79 Å². The van der Waals surface area contributed by atoms with E-state index in [1.807, 2.05) is 0 Å². The summed E-state index contributed by atoms with van der Waals surface area (Å²) in [5, 5.41) is 8.87. The van der Waals surface area contributed by atoms with Gasteiger partial charge in [-0.05, 0) is 18.8 Å². The smallest absolute Gasteiger partial charge is 0.333 e. The average Bonchev–Trinajstić information content (AvgIpc) is 2.69. The van der Waals surface area contributed by atoms with Gasteiger partial charge in [0.25, 0.3) is 0 Å². The summed E-state index contributed by atoms with van der Waals surface area (Å²) in [4.78, 5) is 10.8. The average molecular weight is 172 g/mol. The molecule has 1 rings (SSSR count). The second-order valence-electron chi connectivity index (χ2n) is 3.84. The molecule has 1 unspecified atom stereocenters. The molecule has 0 heterocycles. The molecule has 0 aromatic carbocycles. The summed E-state index contributed by atoms with van der Waals surface area (Å²) < 4.78 is 5.00. The Balaban J connectivity index is 2.71. The number of ether oxygens (including phenoxy) is 1. The predicted molar refractivity (Wildman–Crippen MR) is 44.9 cm³/mol. The Morgan fingerprint density at radius 3 is 2.08 bits per heavy atom. The highest BCUT2D eigenvalue weighted by Gasteiger charge is 2.55. The topological polar surface area (TPSA) is 46.5 Å². The molecule has 3 nitrogen and oxygen atoms in total. The lowest BCUT2D eigenvalue weighted by Gasteiger charge is -2.25. The highest BCUT2D eigenvalue weighted by molar-refractivity contribution is 5.74. The fourth-order valence-electron chi connectivity index (χ4n) is 1.87. The van der Waals surface area contributed by atoms with Crippen molar-refractivity contribution in [3.8, 4) is 0 Å². The second-order valence-corrected chi connectivity index (χ2v) is 3.84. The highest BCUT2D eigenvalue weighted by atomic mass is 16.5. The van der Waals surface area contributed by atoms with Gasteiger partial charge in [-0.3, -0.25) is 0 Å². The summed E-state index contributed by atoms with van der Waals surface area (Å²) in [7, 11) is 1.47. The SMILES string of the molecule is COC(C(=O)O)C1(C(C)C)CC1. The predicted octanol–water partition coefficient (Wildman–Crippen LogP) is 1.52. The van der Waals surface area contributed by atoms with Crippen molar-refractivity contribution in [2.75, 3.05) is 7.11 Å². The van der Waals surface area contributed by atoms with E-state index in [0.717, 1.165) is 12.8 Å². The number of hydrogen-bond donors (Lipinski definition) is 1. The van der Waals surface area contributed by atoms with Gasteiger partial charge in [0.2, 0.25) is 0 Å². The zero-order valence-corrected chi connectivity index (χ0v) is 7.83. The van der Waals surface area contributed by atoms with E-state index in [0.29, 0.717) is 5.92 Å². The van der Waals surface area contributed by atoms with Gasteiger partial charge < -0.3 is 9.84 Å². The summed E-state index contributed by atoms with van der Waals surface area (Å²) in [6, 6.07) is 0. The van der Waals surface area contributed by atoms with Crippen molar-refractivity contribution in [3.63, 3.8) is 0 Å². The first-order valence-electron chi connectivity index (χ1n) is 4.30. The van der Waals surface area contributed by atoms with Crippen LogP contribution < -0.4 is 0 Å². The fraction of sp³-hybridized carbons (Fsp3) is 0.889. The van der Waals surface area contributed by atoms with Crippen molar-refractivity contribution in [2.24, 2.45) is 11.3 Å². The molecule has 1 fully saturated rings. The van der Waals surface area contributed by atoms with Gasteiger partial charge >= 0.3 is 5.97 Å². The molecular formula is C9H16O3. The lowest BCUT2D eigenvalue weighted by Crippen LogP contribution is -2.36. The summed E-state index contributed by atoms with van der Waals surface area (Å²) in [5.74, 6) is -0.442.